The fraction of sp³-hybridized carbons (Fsp3) is 0.588. The van der Waals surface area contributed by atoms with Gasteiger partial charge in [-0.3, -0.25) is 4.79 Å². The minimum Gasteiger partial charge on any atom is -0.324 e. The molecule has 1 aliphatic heterocycles. The highest BCUT2D eigenvalue weighted by Gasteiger charge is 2.38. The molecule has 2 fully saturated rings. The molecular formula is C17H25ClN2O. The molecule has 1 amide bonds. The van der Waals surface area contributed by atoms with E-state index in [1.807, 2.05) is 6.92 Å². The molecule has 2 N–H and O–H groups in total. The number of fused-ring (bicyclic) bond motifs is 1. The molecule has 3 atom stereocenters. The van der Waals surface area contributed by atoms with Gasteiger partial charge in [-0.2, -0.15) is 0 Å². The summed E-state index contributed by atoms with van der Waals surface area (Å²) in [5, 5.41) is 6.64. The van der Waals surface area contributed by atoms with Crippen LogP contribution in [0.1, 0.15) is 43.2 Å². The molecule has 1 aromatic rings. The zero-order valence-corrected chi connectivity index (χ0v) is 13.6. The van der Waals surface area contributed by atoms with Crippen LogP contribution in [-0.4, -0.2) is 18.0 Å². The number of nitrogens with one attached hydrogen (secondary N) is 2. The molecule has 3 unspecified atom stereocenters. The minimum absolute atomic E-state index is 0. The van der Waals surface area contributed by atoms with Gasteiger partial charge in [0.05, 0.1) is 6.04 Å². The number of carbonyl (C=O) groups is 1. The average molecular weight is 309 g/mol. The molecule has 0 aromatic heterocycles. The van der Waals surface area contributed by atoms with E-state index in [0.29, 0.717) is 12.0 Å². The summed E-state index contributed by atoms with van der Waals surface area (Å²) in [5.74, 6) is 0.839. The van der Waals surface area contributed by atoms with Gasteiger partial charge >= 0.3 is 0 Å². The lowest BCUT2D eigenvalue weighted by Crippen LogP contribution is -2.40. The number of amides is 1. The second kappa shape index (κ2) is 6.80. The van der Waals surface area contributed by atoms with Crippen LogP contribution in [0.25, 0.3) is 0 Å². The first-order chi connectivity index (χ1) is 9.63. The summed E-state index contributed by atoms with van der Waals surface area (Å²) in [6, 6.07) is 6.75. The van der Waals surface area contributed by atoms with Gasteiger partial charge in [0.1, 0.15) is 0 Å². The van der Waals surface area contributed by atoms with Gasteiger partial charge in [0.15, 0.2) is 0 Å². The van der Waals surface area contributed by atoms with E-state index < -0.39 is 0 Å². The zero-order chi connectivity index (χ0) is 14.1. The molecular weight excluding hydrogens is 284 g/mol. The average Bonchev–Trinajstić information content (AvgIpc) is 2.87. The van der Waals surface area contributed by atoms with Crippen LogP contribution in [0.4, 0.5) is 5.69 Å². The Morgan fingerprint density at radius 2 is 2.00 bits per heavy atom. The maximum Gasteiger partial charge on any atom is 0.241 e. The van der Waals surface area contributed by atoms with Crippen molar-refractivity contribution in [2.75, 3.05) is 5.32 Å². The molecule has 3 nitrogen and oxygen atoms in total. The van der Waals surface area contributed by atoms with Gasteiger partial charge in [0.2, 0.25) is 5.91 Å². The normalized spacial score (nSPS) is 27.6. The van der Waals surface area contributed by atoms with E-state index in [9.17, 15) is 4.79 Å². The fourth-order valence-corrected chi connectivity index (χ4v) is 3.61. The molecule has 116 valence electrons. The summed E-state index contributed by atoms with van der Waals surface area (Å²) < 4.78 is 0. The standard InChI is InChI=1S/C17H24N2O.ClH/c1-11-7-8-12(2)15(9-11)19-17(20)16-10-13-5-3-4-6-14(13)18-16;/h7-9,13-14,16,18H,3-6,10H2,1-2H3,(H,19,20);1H. The number of aryl methyl sites for hydroxylation is 2. The molecule has 0 radical (unpaired) electrons. The number of halogens is 1. The van der Waals surface area contributed by atoms with E-state index in [-0.39, 0.29) is 24.4 Å². The Hall–Kier alpha value is -1.06. The molecule has 1 aromatic carbocycles. The zero-order valence-electron chi connectivity index (χ0n) is 12.8. The van der Waals surface area contributed by atoms with Crippen molar-refractivity contribution < 1.29 is 4.79 Å². The van der Waals surface area contributed by atoms with E-state index >= 15 is 0 Å². The summed E-state index contributed by atoms with van der Waals surface area (Å²) in [6.45, 7) is 4.09. The Bertz CT molecular complexity index is 504. The number of carbonyl (C=O) groups excluding carboxylic acids is 1. The van der Waals surface area contributed by atoms with E-state index in [0.717, 1.165) is 17.7 Å². The van der Waals surface area contributed by atoms with E-state index in [1.54, 1.807) is 0 Å². The molecule has 0 spiro atoms. The number of hydrogen-bond donors (Lipinski definition) is 2. The van der Waals surface area contributed by atoms with Crippen LogP contribution in [0.2, 0.25) is 0 Å². The third-order valence-corrected chi connectivity index (χ3v) is 4.83. The Balaban J connectivity index is 0.00000161. The Morgan fingerprint density at radius 1 is 1.24 bits per heavy atom. The lowest BCUT2D eigenvalue weighted by molar-refractivity contribution is -0.117. The van der Waals surface area contributed by atoms with Crippen LogP contribution in [-0.2, 0) is 4.79 Å². The van der Waals surface area contributed by atoms with Crippen molar-refractivity contribution in [1.82, 2.24) is 5.32 Å². The molecule has 1 heterocycles. The second-order valence-electron chi connectivity index (χ2n) is 6.41. The maximum absolute atomic E-state index is 12.4. The fourth-order valence-electron chi connectivity index (χ4n) is 3.61. The molecule has 4 heteroatoms. The predicted octanol–water partition coefficient (Wildman–Crippen LogP) is 3.58. The van der Waals surface area contributed by atoms with Gasteiger partial charge in [0.25, 0.3) is 0 Å². The van der Waals surface area contributed by atoms with Crippen molar-refractivity contribution in [3.05, 3.63) is 29.3 Å². The third-order valence-electron chi connectivity index (χ3n) is 4.83. The molecule has 3 rings (SSSR count). The summed E-state index contributed by atoms with van der Waals surface area (Å²) in [7, 11) is 0. The van der Waals surface area contributed by atoms with Gasteiger partial charge in [-0.05, 0) is 56.2 Å². The monoisotopic (exact) mass is 308 g/mol. The lowest BCUT2D eigenvalue weighted by atomic mass is 9.85. The predicted molar refractivity (Wildman–Crippen MR) is 89.1 cm³/mol. The molecule has 2 aliphatic rings. The van der Waals surface area contributed by atoms with Crippen LogP contribution in [0, 0.1) is 19.8 Å². The van der Waals surface area contributed by atoms with Gasteiger partial charge in [-0.25, -0.2) is 0 Å². The Labute approximate surface area is 133 Å². The molecule has 1 saturated carbocycles. The van der Waals surface area contributed by atoms with Crippen molar-refractivity contribution in [2.24, 2.45) is 5.92 Å². The molecule has 1 aliphatic carbocycles. The lowest BCUT2D eigenvalue weighted by Gasteiger charge is -2.24. The third kappa shape index (κ3) is 3.58. The van der Waals surface area contributed by atoms with E-state index in [1.165, 1.54) is 31.2 Å². The quantitative estimate of drug-likeness (QED) is 0.876. The van der Waals surface area contributed by atoms with Crippen molar-refractivity contribution in [2.45, 2.75) is 58.0 Å². The number of rotatable bonds is 2. The highest BCUT2D eigenvalue weighted by atomic mass is 35.5. The number of hydrogen-bond acceptors (Lipinski definition) is 2. The minimum atomic E-state index is -0.0111. The van der Waals surface area contributed by atoms with E-state index in [2.05, 4.69) is 35.8 Å². The van der Waals surface area contributed by atoms with Crippen molar-refractivity contribution >= 4 is 24.0 Å². The van der Waals surface area contributed by atoms with Gasteiger partial charge in [-0.1, -0.05) is 25.0 Å². The van der Waals surface area contributed by atoms with Gasteiger partial charge in [-0.15, -0.1) is 12.4 Å². The van der Waals surface area contributed by atoms with Crippen LogP contribution in [0.15, 0.2) is 18.2 Å². The van der Waals surface area contributed by atoms with Crippen LogP contribution in [0.3, 0.4) is 0 Å². The first-order valence-corrected chi connectivity index (χ1v) is 7.77. The summed E-state index contributed by atoms with van der Waals surface area (Å²) in [5.41, 5.74) is 3.25. The maximum atomic E-state index is 12.4. The summed E-state index contributed by atoms with van der Waals surface area (Å²) in [6.07, 6.45) is 6.15. The topological polar surface area (TPSA) is 41.1 Å². The number of benzene rings is 1. The van der Waals surface area contributed by atoms with Gasteiger partial charge in [0, 0.05) is 11.7 Å². The first-order valence-electron chi connectivity index (χ1n) is 7.77. The largest absolute Gasteiger partial charge is 0.324 e. The smallest absolute Gasteiger partial charge is 0.241 e. The molecule has 0 bridgehead atoms. The van der Waals surface area contributed by atoms with Gasteiger partial charge < -0.3 is 10.6 Å². The highest BCUT2D eigenvalue weighted by molar-refractivity contribution is 5.95. The van der Waals surface area contributed by atoms with Crippen molar-refractivity contribution in [1.29, 1.82) is 0 Å². The van der Waals surface area contributed by atoms with Crippen LogP contribution in [0.5, 0.6) is 0 Å². The second-order valence-corrected chi connectivity index (χ2v) is 6.41. The summed E-state index contributed by atoms with van der Waals surface area (Å²) >= 11 is 0. The highest BCUT2D eigenvalue weighted by Crippen LogP contribution is 2.33. The Kier molecular flexibility index (Phi) is 5.28. The number of anilines is 1. The molecule has 1 saturated heterocycles. The first kappa shape index (κ1) is 16.3. The van der Waals surface area contributed by atoms with Crippen LogP contribution >= 0.6 is 12.4 Å². The van der Waals surface area contributed by atoms with E-state index in [4.69, 9.17) is 0 Å². The summed E-state index contributed by atoms with van der Waals surface area (Å²) in [4.78, 5) is 12.4. The van der Waals surface area contributed by atoms with Crippen LogP contribution < -0.4 is 10.6 Å². The SMILES string of the molecule is Cc1ccc(C)c(NC(=O)C2CC3CCCCC3N2)c1.Cl. The van der Waals surface area contributed by atoms with Crippen molar-refractivity contribution in [3.8, 4) is 0 Å². The molecule has 21 heavy (non-hydrogen) atoms. The Morgan fingerprint density at radius 3 is 2.76 bits per heavy atom. The van der Waals surface area contributed by atoms with Crippen molar-refractivity contribution in [3.63, 3.8) is 0 Å².